The molecule has 0 bridgehead atoms. The van der Waals surface area contributed by atoms with Gasteiger partial charge in [0.25, 0.3) is 5.56 Å². The van der Waals surface area contributed by atoms with Crippen molar-refractivity contribution in [2.24, 2.45) is 0 Å². The fourth-order valence-corrected chi connectivity index (χ4v) is 3.73. The molecule has 144 valence electrons. The van der Waals surface area contributed by atoms with E-state index in [-0.39, 0.29) is 16.3 Å². The number of hydrogen-bond donors (Lipinski definition) is 2. The number of phenols is 1. The molecule has 2 N–H and O–H groups in total. The molecule has 1 aliphatic rings. The summed E-state index contributed by atoms with van der Waals surface area (Å²) in [4.78, 5) is 22.3. The lowest BCUT2D eigenvalue weighted by atomic mass is 10.0. The summed E-state index contributed by atoms with van der Waals surface area (Å²) < 4.78 is 5.18. The minimum absolute atomic E-state index is 0.0578. The number of hydrogen-bond acceptors (Lipinski definition) is 5. The van der Waals surface area contributed by atoms with Crippen LogP contribution in [0.4, 0.5) is 0 Å². The molecule has 0 atom stereocenters. The van der Waals surface area contributed by atoms with Crippen molar-refractivity contribution in [3.63, 3.8) is 0 Å². The summed E-state index contributed by atoms with van der Waals surface area (Å²) in [6.45, 7) is 1.92. The lowest BCUT2D eigenvalue weighted by Crippen LogP contribution is -2.35. The van der Waals surface area contributed by atoms with E-state index in [0.29, 0.717) is 31.1 Å². The second kappa shape index (κ2) is 7.66. The highest BCUT2D eigenvalue weighted by Crippen LogP contribution is 2.35. The Hall–Kier alpha value is -2.83. The van der Waals surface area contributed by atoms with E-state index in [2.05, 4.69) is 9.88 Å². The zero-order chi connectivity index (χ0) is 19.7. The molecule has 28 heavy (non-hydrogen) atoms. The van der Waals surface area contributed by atoms with E-state index in [1.165, 1.54) is 7.11 Å². The summed E-state index contributed by atoms with van der Waals surface area (Å²) in [5.41, 5.74) is 3.28. The summed E-state index contributed by atoms with van der Waals surface area (Å²) in [6.07, 6.45) is 0.635. The molecule has 2 aromatic carbocycles. The SMILES string of the molecule is COc1cc(CN2CCc3c(nc(-c4ccccc4)[nH]c3=O)C2)cc(Cl)c1O. The van der Waals surface area contributed by atoms with Crippen LogP contribution in [0.25, 0.3) is 11.4 Å². The van der Waals surface area contributed by atoms with Crippen molar-refractivity contribution in [2.75, 3.05) is 13.7 Å². The van der Waals surface area contributed by atoms with E-state index in [1.54, 1.807) is 12.1 Å². The highest BCUT2D eigenvalue weighted by atomic mass is 35.5. The minimum atomic E-state index is -0.0714. The van der Waals surface area contributed by atoms with Crippen molar-refractivity contribution >= 4 is 11.6 Å². The first-order valence-corrected chi connectivity index (χ1v) is 9.38. The molecule has 0 saturated carbocycles. The highest BCUT2D eigenvalue weighted by Gasteiger charge is 2.22. The second-order valence-corrected chi connectivity index (χ2v) is 7.20. The zero-order valence-corrected chi connectivity index (χ0v) is 16.2. The summed E-state index contributed by atoms with van der Waals surface area (Å²) in [5.74, 6) is 0.874. The summed E-state index contributed by atoms with van der Waals surface area (Å²) >= 11 is 6.10. The molecule has 1 aromatic heterocycles. The average molecular weight is 398 g/mol. The Morgan fingerprint density at radius 2 is 2.07 bits per heavy atom. The third-order valence-electron chi connectivity index (χ3n) is 4.91. The van der Waals surface area contributed by atoms with Crippen LogP contribution in [0.2, 0.25) is 5.02 Å². The fraction of sp³-hybridized carbons (Fsp3) is 0.238. The van der Waals surface area contributed by atoms with Crippen molar-refractivity contribution in [1.29, 1.82) is 0 Å². The van der Waals surface area contributed by atoms with Gasteiger partial charge in [0.1, 0.15) is 5.82 Å². The average Bonchev–Trinajstić information content (AvgIpc) is 2.71. The number of aromatic amines is 1. The van der Waals surface area contributed by atoms with Gasteiger partial charge in [-0.3, -0.25) is 9.69 Å². The van der Waals surface area contributed by atoms with Crippen molar-refractivity contribution in [3.05, 3.63) is 74.7 Å². The number of benzene rings is 2. The maximum Gasteiger partial charge on any atom is 0.254 e. The van der Waals surface area contributed by atoms with Crippen molar-refractivity contribution in [1.82, 2.24) is 14.9 Å². The van der Waals surface area contributed by atoms with Crippen LogP contribution in [-0.2, 0) is 19.5 Å². The van der Waals surface area contributed by atoms with Crippen LogP contribution in [-0.4, -0.2) is 33.6 Å². The van der Waals surface area contributed by atoms with Crippen LogP contribution in [0.1, 0.15) is 16.8 Å². The standard InChI is InChI=1S/C21H20ClN3O3/c1-28-18-10-13(9-16(22)19(18)26)11-25-8-7-15-17(12-25)23-20(24-21(15)27)14-5-3-2-4-6-14/h2-6,9-10,26H,7-8,11-12H2,1H3,(H,23,24,27). The molecule has 1 aliphatic heterocycles. The van der Waals surface area contributed by atoms with E-state index in [9.17, 15) is 9.90 Å². The number of nitrogens with one attached hydrogen (secondary N) is 1. The number of H-pyrrole nitrogens is 1. The molecule has 0 unspecified atom stereocenters. The Morgan fingerprint density at radius 1 is 1.29 bits per heavy atom. The molecule has 0 radical (unpaired) electrons. The lowest BCUT2D eigenvalue weighted by Gasteiger charge is -2.28. The second-order valence-electron chi connectivity index (χ2n) is 6.79. The minimum Gasteiger partial charge on any atom is -0.503 e. The van der Waals surface area contributed by atoms with E-state index >= 15 is 0 Å². The first kappa shape index (κ1) is 18.5. The number of aromatic hydroxyl groups is 1. The maximum atomic E-state index is 12.5. The predicted molar refractivity (Wildman–Crippen MR) is 108 cm³/mol. The van der Waals surface area contributed by atoms with Gasteiger partial charge in [-0.1, -0.05) is 41.9 Å². The van der Waals surface area contributed by atoms with Gasteiger partial charge in [-0.15, -0.1) is 0 Å². The van der Waals surface area contributed by atoms with Gasteiger partial charge in [-0.25, -0.2) is 4.98 Å². The Labute approximate surface area is 167 Å². The predicted octanol–water partition coefficient (Wildman–Crippen LogP) is 3.36. The first-order valence-electron chi connectivity index (χ1n) is 9.00. The van der Waals surface area contributed by atoms with E-state index in [1.807, 2.05) is 30.3 Å². The van der Waals surface area contributed by atoms with Gasteiger partial charge < -0.3 is 14.8 Å². The van der Waals surface area contributed by atoms with Crippen LogP contribution < -0.4 is 10.3 Å². The molecule has 4 rings (SSSR count). The molecular weight excluding hydrogens is 378 g/mol. The molecule has 0 saturated heterocycles. The number of fused-ring (bicyclic) bond motifs is 1. The molecule has 7 heteroatoms. The van der Waals surface area contributed by atoms with Gasteiger partial charge in [0, 0.05) is 30.8 Å². The molecular formula is C21H20ClN3O3. The molecule has 0 spiro atoms. The number of phenolic OH excluding ortho intramolecular Hbond substituents is 1. The molecule has 6 nitrogen and oxygen atoms in total. The van der Waals surface area contributed by atoms with E-state index < -0.39 is 0 Å². The number of methoxy groups -OCH3 is 1. The van der Waals surface area contributed by atoms with Gasteiger partial charge in [0.2, 0.25) is 0 Å². The van der Waals surface area contributed by atoms with E-state index in [0.717, 1.165) is 28.9 Å². The van der Waals surface area contributed by atoms with Crippen molar-refractivity contribution in [3.8, 4) is 22.9 Å². The molecule has 3 aromatic rings. The van der Waals surface area contributed by atoms with Crippen molar-refractivity contribution in [2.45, 2.75) is 19.5 Å². The van der Waals surface area contributed by atoms with E-state index in [4.69, 9.17) is 21.3 Å². The quantitative estimate of drug-likeness (QED) is 0.705. The highest BCUT2D eigenvalue weighted by molar-refractivity contribution is 6.32. The number of halogens is 1. The Kier molecular flexibility index (Phi) is 5.07. The number of nitrogens with zero attached hydrogens (tertiary/aromatic N) is 2. The van der Waals surface area contributed by atoms with Crippen LogP contribution in [0.5, 0.6) is 11.5 Å². The van der Waals surface area contributed by atoms with Gasteiger partial charge in [-0.2, -0.15) is 0 Å². The smallest absolute Gasteiger partial charge is 0.254 e. The number of rotatable bonds is 4. The van der Waals surface area contributed by atoms with Gasteiger partial charge in [0.05, 0.1) is 17.8 Å². The first-order chi connectivity index (χ1) is 13.5. The summed E-state index contributed by atoms with van der Waals surface area (Å²) in [7, 11) is 1.49. The Morgan fingerprint density at radius 3 is 2.82 bits per heavy atom. The summed E-state index contributed by atoms with van der Waals surface area (Å²) in [5, 5.41) is 10.2. The third-order valence-corrected chi connectivity index (χ3v) is 5.20. The fourth-order valence-electron chi connectivity index (χ4n) is 3.49. The largest absolute Gasteiger partial charge is 0.503 e. The molecule has 0 amide bonds. The third kappa shape index (κ3) is 3.61. The maximum absolute atomic E-state index is 12.5. The zero-order valence-electron chi connectivity index (χ0n) is 15.4. The molecule has 0 fully saturated rings. The van der Waals surface area contributed by atoms with Crippen molar-refractivity contribution < 1.29 is 9.84 Å². The van der Waals surface area contributed by atoms with Crippen LogP contribution in [0.15, 0.2) is 47.3 Å². The topological polar surface area (TPSA) is 78.5 Å². The van der Waals surface area contributed by atoms with Crippen LogP contribution >= 0.6 is 11.6 Å². The van der Waals surface area contributed by atoms with Gasteiger partial charge >= 0.3 is 0 Å². The molecule has 2 heterocycles. The van der Waals surface area contributed by atoms with Crippen LogP contribution in [0, 0.1) is 0 Å². The Bertz CT molecular complexity index is 1070. The molecule has 0 aliphatic carbocycles. The number of aromatic nitrogens is 2. The van der Waals surface area contributed by atoms with Gasteiger partial charge in [0.15, 0.2) is 11.5 Å². The monoisotopic (exact) mass is 397 g/mol. The number of ether oxygens (including phenoxy) is 1. The normalized spacial score (nSPS) is 13.9. The summed E-state index contributed by atoms with van der Waals surface area (Å²) in [6, 6.07) is 13.1. The van der Waals surface area contributed by atoms with Gasteiger partial charge in [-0.05, 0) is 24.1 Å². The van der Waals surface area contributed by atoms with Crippen LogP contribution in [0.3, 0.4) is 0 Å². The lowest BCUT2D eigenvalue weighted by molar-refractivity contribution is 0.240. The Balaban J connectivity index is 1.60.